The summed E-state index contributed by atoms with van der Waals surface area (Å²) in [6, 6.07) is 10.8. The number of nitriles is 1. The van der Waals surface area contributed by atoms with Gasteiger partial charge in [0.15, 0.2) is 0 Å². The zero-order chi connectivity index (χ0) is 12.0. The van der Waals surface area contributed by atoms with Crippen molar-refractivity contribution in [1.29, 1.82) is 5.26 Å². The van der Waals surface area contributed by atoms with Gasteiger partial charge in [0.1, 0.15) is 0 Å². The predicted octanol–water partition coefficient (Wildman–Crippen LogP) is 4.42. The molecule has 86 valence electrons. The third-order valence-corrected chi connectivity index (χ3v) is 3.99. The molecule has 1 nitrogen and oxygen atoms in total. The molecule has 0 N–H and O–H groups in total. The minimum Gasteiger partial charge on any atom is -0.197 e. The molecule has 1 rings (SSSR count). The van der Waals surface area contributed by atoms with E-state index in [0.717, 1.165) is 12.8 Å². The van der Waals surface area contributed by atoms with Crippen LogP contribution in [0.4, 0.5) is 0 Å². The Balaban J connectivity index is 2.67. The molecule has 0 aromatic heterocycles. The van der Waals surface area contributed by atoms with Gasteiger partial charge in [-0.2, -0.15) is 5.26 Å². The first-order valence-electron chi connectivity index (χ1n) is 5.80. The molecule has 0 fully saturated rings. The fraction of sp³-hybridized carbons (Fsp3) is 0.500. The highest BCUT2D eigenvalue weighted by Crippen LogP contribution is 2.30. The SMILES string of the molecule is CCCC(C)C(C#N)Sc1cccc(C)c1. The Hall–Kier alpha value is -0.940. The summed E-state index contributed by atoms with van der Waals surface area (Å²) < 4.78 is 0. The van der Waals surface area contributed by atoms with Crippen molar-refractivity contribution in [2.75, 3.05) is 0 Å². The molecule has 0 radical (unpaired) electrons. The minimum absolute atomic E-state index is 0.0711. The van der Waals surface area contributed by atoms with Gasteiger partial charge in [0.25, 0.3) is 0 Å². The molecule has 0 spiro atoms. The van der Waals surface area contributed by atoms with Gasteiger partial charge in [-0.3, -0.25) is 0 Å². The molecule has 1 aromatic carbocycles. The fourth-order valence-electron chi connectivity index (χ4n) is 1.71. The molecule has 0 bridgehead atoms. The van der Waals surface area contributed by atoms with Gasteiger partial charge < -0.3 is 0 Å². The Morgan fingerprint density at radius 2 is 2.19 bits per heavy atom. The standard InChI is InChI=1S/C14H19NS/c1-4-6-12(3)14(10-15)16-13-8-5-7-11(2)9-13/h5,7-9,12,14H,4,6H2,1-3H3. The molecule has 0 saturated carbocycles. The second-order valence-corrected chi connectivity index (χ2v) is 5.46. The number of rotatable bonds is 5. The van der Waals surface area contributed by atoms with Crippen molar-refractivity contribution in [1.82, 2.24) is 0 Å². The van der Waals surface area contributed by atoms with Crippen molar-refractivity contribution >= 4 is 11.8 Å². The summed E-state index contributed by atoms with van der Waals surface area (Å²) in [5.74, 6) is 0.459. The fourth-order valence-corrected chi connectivity index (χ4v) is 2.84. The maximum absolute atomic E-state index is 9.18. The van der Waals surface area contributed by atoms with Crippen LogP contribution >= 0.6 is 11.8 Å². The van der Waals surface area contributed by atoms with E-state index in [4.69, 9.17) is 0 Å². The van der Waals surface area contributed by atoms with E-state index in [1.807, 2.05) is 0 Å². The molecule has 1 aromatic rings. The highest BCUT2D eigenvalue weighted by molar-refractivity contribution is 8.00. The van der Waals surface area contributed by atoms with Gasteiger partial charge in [-0.15, -0.1) is 11.8 Å². The zero-order valence-electron chi connectivity index (χ0n) is 10.2. The highest BCUT2D eigenvalue weighted by atomic mass is 32.2. The summed E-state index contributed by atoms with van der Waals surface area (Å²) >= 11 is 1.69. The van der Waals surface area contributed by atoms with E-state index < -0.39 is 0 Å². The van der Waals surface area contributed by atoms with Crippen LogP contribution in [0, 0.1) is 24.2 Å². The monoisotopic (exact) mass is 233 g/mol. The normalized spacial score (nSPS) is 14.1. The average Bonchev–Trinajstić information content (AvgIpc) is 2.26. The Labute approximate surface area is 103 Å². The summed E-state index contributed by atoms with van der Waals surface area (Å²) in [7, 11) is 0. The maximum atomic E-state index is 9.18. The van der Waals surface area contributed by atoms with E-state index in [-0.39, 0.29) is 5.25 Å². The van der Waals surface area contributed by atoms with E-state index in [0.29, 0.717) is 5.92 Å². The quantitative estimate of drug-likeness (QED) is 0.703. The topological polar surface area (TPSA) is 23.8 Å². The van der Waals surface area contributed by atoms with Gasteiger partial charge >= 0.3 is 0 Å². The number of nitrogens with zero attached hydrogens (tertiary/aromatic N) is 1. The predicted molar refractivity (Wildman–Crippen MR) is 70.5 cm³/mol. The molecule has 0 saturated heterocycles. The molecule has 2 heteroatoms. The molecule has 2 unspecified atom stereocenters. The van der Waals surface area contributed by atoms with Crippen LogP contribution in [0.1, 0.15) is 32.3 Å². The van der Waals surface area contributed by atoms with Crippen molar-refractivity contribution in [2.45, 2.75) is 43.8 Å². The summed E-state index contributed by atoms with van der Waals surface area (Å²) in [6.45, 7) is 6.42. The second-order valence-electron chi connectivity index (χ2n) is 4.25. The third kappa shape index (κ3) is 3.90. The Morgan fingerprint density at radius 3 is 2.75 bits per heavy atom. The molecular formula is C14H19NS. The van der Waals surface area contributed by atoms with Gasteiger partial charge in [-0.05, 0) is 31.4 Å². The largest absolute Gasteiger partial charge is 0.197 e. The maximum Gasteiger partial charge on any atom is 0.0989 e. The Bertz CT molecular complexity index is 367. The van der Waals surface area contributed by atoms with Gasteiger partial charge in [0.2, 0.25) is 0 Å². The van der Waals surface area contributed by atoms with E-state index >= 15 is 0 Å². The molecule has 0 heterocycles. The lowest BCUT2D eigenvalue weighted by Gasteiger charge is -2.16. The van der Waals surface area contributed by atoms with Crippen LogP contribution in [0.3, 0.4) is 0 Å². The van der Waals surface area contributed by atoms with Crippen molar-refractivity contribution in [3.63, 3.8) is 0 Å². The molecular weight excluding hydrogens is 214 g/mol. The zero-order valence-corrected chi connectivity index (χ0v) is 11.1. The molecule has 2 atom stereocenters. The third-order valence-electron chi connectivity index (χ3n) is 2.64. The number of thioether (sulfide) groups is 1. The van der Waals surface area contributed by atoms with Gasteiger partial charge in [0, 0.05) is 4.90 Å². The van der Waals surface area contributed by atoms with Crippen LogP contribution in [0.5, 0.6) is 0 Å². The summed E-state index contributed by atoms with van der Waals surface area (Å²) in [4.78, 5) is 1.20. The van der Waals surface area contributed by atoms with Crippen LogP contribution in [0.2, 0.25) is 0 Å². The van der Waals surface area contributed by atoms with Crippen molar-refractivity contribution < 1.29 is 0 Å². The van der Waals surface area contributed by atoms with Crippen LogP contribution in [0.15, 0.2) is 29.2 Å². The van der Waals surface area contributed by atoms with E-state index in [2.05, 4.69) is 51.1 Å². The van der Waals surface area contributed by atoms with Crippen molar-refractivity contribution in [3.05, 3.63) is 29.8 Å². The first-order chi connectivity index (χ1) is 7.67. The van der Waals surface area contributed by atoms with Crippen molar-refractivity contribution in [2.24, 2.45) is 5.92 Å². The van der Waals surface area contributed by atoms with Crippen LogP contribution in [-0.2, 0) is 0 Å². The number of hydrogen-bond donors (Lipinski definition) is 0. The minimum atomic E-state index is 0.0711. The lowest BCUT2D eigenvalue weighted by molar-refractivity contribution is 0.546. The van der Waals surface area contributed by atoms with Crippen LogP contribution in [-0.4, -0.2) is 5.25 Å². The number of aryl methyl sites for hydroxylation is 1. The van der Waals surface area contributed by atoms with E-state index in [1.165, 1.54) is 10.5 Å². The first-order valence-corrected chi connectivity index (χ1v) is 6.68. The lowest BCUT2D eigenvalue weighted by atomic mass is 10.0. The Morgan fingerprint density at radius 1 is 1.44 bits per heavy atom. The van der Waals surface area contributed by atoms with Crippen molar-refractivity contribution in [3.8, 4) is 6.07 Å². The number of hydrogen-bond acceptors (Lipinski definition) is 2. The first kappa shape index (κ1) is 13.1. The number of benzene rings is 1. The molecule has 0 aliphatic carbocycles. The van der Waals surface area contributed by atoms with Crippen LogP contribution in [0.25, 0.3) is 0 Å². The van der Waals surface area contributed by atoms with Crippen LogP contribution < -0.4 is 0 Å². The van der Waals surface area contributed by atoms with E-state index in [1.54, 1.807) is 11.8 Å². The van der Waals surface area contributed by atoms with E-state index in [9.17, 15) is 5.26 Å². The summed E-state index contributed by atoms with van der Waals surface area (Å²) in [5.41, 5.74) is 1.25. The molecule has 0 aliphatic rings. The molecule has 0 amide bonds. The molecule has 0 aliphatic heterocycles. The lowest BCUT2D eigenvalue weighted by Crippen LogP contribution is -2.11. The Kier molecular flexibility index (Phi) is 5.42. The second kappa shape index (κ2) is 6.60. The summed E-state index contributed by atoms with van der Waals surface area (Å²) in [6.07, 6.45) is 2.27. The van der Waals surface area contributed by atoms with Gasteiger partial charge in [-0.1, -0.05) is 38.0 Å². The molecule has 16 heavy (non-hydrogen) atoms. The average molecular weight is 233 g/mol. The van der Waals surface area contributed by atoms with Gasteiger partial charge in [-0.25, -0.2) is 0 Å². The summed E-state index contributed by atoms with van der Waals surface area (Å²) in [5, 5.41) is 9.25. The highest BCUT2D eigenvalue weighted by Gasteiger charge is 2.17. The van der Waals surface area contributed by atoms with Gasteiger partial charge in [0.05, 0.1) is 11.3 Å². The smallest absolute Gasteiger partial charge is 0.0989 e.